The van der Waals surface area contributed by atoms with E-state index in [1.165, 1.54) is 0 Å². The Bertz CT molecular complexity index is 296. The van der Waals surface area contributed by atoms with Crippen LogP contribution in [0.25, 0.3) is 0 Å². The van der Waals surface area contributed by atoms with Gasteiger partial charge in [0.2, 0.25) is 0 Å². The Kier molecular flexibility index (Phi) is 5.12. The van der Waals surface area contributed by atoms with Crippen molar-refractivity contribution in [1.82, 2.24) is 15.1 Å². The predicted octanol–water partition coefficient (Wildman–Crippen LogP) is 3.01. The van der Waals surface area contributed by atoms with E-state index in [1.54, 1.807) is 6.20 Å². The van der Waals surface area contributed by atoms with E-state index in [4.69, 9.17) is 11.6 Å². The van der Waals surface area contributed by atoms with Crippen LogP contribution in [-0.2, 0) is 6.54 Å². The molecule has 0 saturated carbocycles. The summed E-state index contributed by atoms with van der Waals surface area (Å²) in [6, 6.07) is 0.316. The zero-order valence-electron chi connectivity index (χ0n) is 9.76. The molecule has 0 bridgehead atoms. The van der Waals surface area contributed by atoms with Gasteiger partial charge in [-0.3, -0.25) is 4.68 Å². The normalized spacial score (nSPS) is 13.1. The van der Waals surface area contributed by atoms with Crippen LogP contribution in [0.5, 0.6) is 0 Å². The molecule has 86 valence electrons. The first-order valence-electron chi connectivity index (χ1n) is 5.69. The summed E-state index contributed by atoms with van der Waals surface area (Å²) < 4.78 is 2.01. The molecule has 1 aromatic heterocycles. The monoisotopic (exact) mass is 229 g/mol. The molecule has 4 heteroatoms. The van der Waals surface area contributed by atoms with Gasteiger partial charge in [-0.05, 0) is 19.4 Å². The van der Waals surface area contributed by atoms with E-state index in [0.717, 1.165) is 36.6 Å². The van der Waals surface area contributed by atoms with Gasteiger partial charge in [0.25, 0.3) is 0 Å². The number of nitrogens with zero attached hydrogens (tertiary/aromatic N) is 2. The highest BCUT2D eigenvalue weighted by Gasteiger charge is 2.17. The second-order valence-corrected chi connectivity index (χ2v) is 4.03. The van der Waals surface area contributed by atoms with E-state index in [2.05, 4.69) is 31.2 Å². The molecule has 0 radical (unpaired) electrons. The quantitative estimate of drug-likeness (QED) is 0.813. The highest BCUT2D eigenvalue weighted by molar-refractivity contribution is 6.31. The molecule has 1 atom stereocenters. The number of halogens is 1. The summed E-state index contributed by atoms with van der Waals surface area (Å²) in [6.07, 6.45) is 3.85. The minimum absolute atomic E-state index is 0.316. The Morgan fingerprint density at radius 1 is 1.47 bits per heavy atom. The smallest absolute Gasteiger partial charge is 0.0834 e. The molecule has 3 nitrogen and oxygen atoms in total. The molecular weight excluding hydrogens is 210 g/mol. The zero-order chi connectivity index (χ0) is 11.3. The zero-order valence-corrected chi connectivity index (χ0v) is 10.5. The highest BCUT2D eigenvalue weighted by Crippen LogP contribution is 2.25. The first-order chi connectivity index (χ1) is 7.24. The topological polar surface area (TPSA) is 29.9 Å². The summed E-state index contributed by atoms with van der Waals surface area (Å²) in [7, 11) is 0. The fraction of sp³-hybridized carbons (Fsp3) is 0.727. The second kappa shape index (κ2) is 6.13. The van der Waals surface area contributed by atoms with Crippen LogP contribution in [0.1, 0.15) is 45.3 Å². The second-order valence-electron chi connectivity index (χ2n) is 3.62. The minimum Gasteiger partial charge on any atom is -0.309 e. The molecule has 0 aromatic carbocycles. The molecular formula is C11H20ClN3. The lowest BCUT2D eigenvalue weighted by molar-refractivity contribution is 0.471. The van der Waals surface area contributed by atoms with Gasteiger partial charge in [-0.15, -0.1) is 0 Å². The molecule has 1 heterocycles. The summed E-state index contributed by atoms with van der Waals surface area (Å²) in [5.41, 5.74) is 1.13. The molecule has 0 fully saturated rings. The molecule has 1 unspecified atom stereocenters. The molecule has 1 rings (SSSR count). The number of hydrogen-bond acceptors (Lipinski definition) is 2. The first-order valence-corrected chi connectivity index (χ1v) is 6.06. The summed E-state index contributed by atoms with van der Waals surface area (Å²) in [5.74, 6) is 0. The van der Waals surface area contributed by atoms with E-state index < -0.39 is 0 Å². The van der Waals surface area contributed by atoms with Gasteiger partial charge in [-0.1, -0.05) is 32.4 Å². The van der Waals surface area contributed by atoms with Crippen LogP contribution < -0.4 is 5.32 Å². The Labute approximate surface area is 96.8 Å². The number of rotatable bonds is 6. The van der Waals surface area contributed by atoms with Gasteiger partial charge in [0, 0.05) is 6.54 Å². The highest BCUT2D eigenvalue weighted by atomic mass is 35.5. The standard InChI is InChI=1S/C11H20ClN3/c1-4-7-15-11(9(12)8-14-15)10(5-2)13-6-3/h8,10,13H,4-7H2,1-3H3. The van der Waals surface area contributed by atoms with Gasteiger partial charge in [0.15, 0.2) is 0 Å². The summed E-state index contributed by atoms with van der Waals surface area (Å²) in [6.45, 7) is 8.30. The van der Waals surface area contributed by atoms with Crippen LogP contribution in [0, 0.1) is 0 Å². The van der Waals surface area contributed by atoms with Crippen LogP contribution in [0.2, 0.25) is 5.02 Å². The molecule has 1 aromatic rings. The van der Waals surface area contributed by atoms with Crippen molar-refractivity contribution in [3.05, 3.63) is 16.9 Å². The van der Waals surface area contributed by atoms with Crippen LogP contribution in [-0.4, -0.2) is 16.3 Å². The molecule has 0 saturated heterocycles. The third-order valence-corrected chi connectivity index (χ3v) is 2.75. The van der Waals surface area contributed by atoms with Crippen molar-refractivity contribution in [3.63, 3.8) is 0 Å². The van der Waals surface area contributed by atoms with Crippen molar-refractivity contribution in [3.8, 4) is 0 Å². The fourth-order valence-corrected chi connectivity index (χ4v) is 2.06. The third-order valence-electron chi connectivity index (χ3n) is 2.46. The molecule has 0 aliphatic rings. The van der Waals surface area contributed by atoms with Crippen LogP contribution >= 0.6 is 11.6 Å². The van der Waals surface area contributed by atoms with E-state index >= 15 is 0 Å². The molecule has 0 amide bonds. The molecule has 0 aliphatic carbocycles. The van der Waals surface area contributed by atoms with Gasteiger partial charge in [0.1, 0.15) is 0 Å². The van der Waals surface area contributed by atoms with Gasteiger partial charge < -0.3 is 5.32 Å². The average Bonchev–Trinajstić information content (AvgIpc) is 2.58. The lowest BCUT2D eigenvalue weighted by Gasteiger charge is -2.18. The molecule has 0 spiro atoms. The summed E-state index contributed by atoms with van der Waals surface area (Å²) in [4.78, 5) is 0. The minimum atomic E-state index is 0.316. The van der Waals surface area contributed by atoms with Gasteiger partial charge >= 0.3 is 0 Å². The van der Waals surface area contributed by atoms with Crippen molar-refractivity contribution >= 4 is 11.6 Å². The van der Waals surface area contributed by atoms with Crippen molar-refractivity contribution in [2.24, 2.45) is 0 Å². The van der Waals surface area contributed by atoms with E-state index in [-0.39, 0.29) is 0 Å². The largest absolute Gasteiger partial charge is 0.309 e. The van der Waals surface area contributed by atoms with E-state index in [1.807, 2.05) is 4.68 Å². The maximum Gasteiger partial charge on any atom is 0.0834 e. The summed E-state index contributed by atoms with van der Waals surface area (Å²) >= 11 is 6.17. The Balaban J connectivity index is 2.92. The van der Waals surface area contributed by atoms with Crippen LogP contribution in [0.3, 0.4) is 0 Å². The number of nitrogens with one attached hydrogen (secondary N) is 1. The lowest BCUT2D eigenvalue weighted by atomic mass is 10.1. The number of hydrogen-bond donors (Lipinski definition) is 1. The molecule has 0 aliphatic heterocycles. The molecule has 15 heavy (non-hydrogen) atoms. The summed E-state index contributed by atoms with van der Waals surface area (Å²) in [5, 5.41) is 8.50. The third kappa shape index (κ3) is 2.95. The Morgan fingerprint density at radius 2 is 2.20 bits per heavy atom. The maximum atomic E-state index is 6.17. The van der Waals surface area contributed by atoms with Crippen LogP contribution in [0.4, 0.5) is 0 Å². The average molecular weight is 230 g/mol. The van der Waals surface area contributed by atoms with Gasteiger partial charge in [-0.2, -0.15) is 5.10 Å². The SMILES string of the molecule is CCCn1ncc(Cl)c1C(CC)NCC. The van der Waals surface area contributed by atoms with Crippen molar-refractivity contribution in [2.45, 2.75) is 46.2 Å². The predicted molar refractivity (Wildman–Crippen MR) is 64.2 cm³/mol. The van der Waals surface area contributed by atoms with E-state index in [9.17, 15) is 0 Å². The van der Waals surface area contributed by atoms with Crippen molar-refractivity contribution < 1.29 is 0 Å². The number of aryl methyl sites for hydroxylation is 1. The molecule has 1 N–H and O–H groups in total. The number of aromatic nitrogens is 2. The Morgan fingerprint density at radius 3 is 2.73 bits per heavy atom. The van der Waals surface area contributed by atoms with Crippen molar-refractivity contribution in [1.29, 1.82) is 0 Å². The fourth-order valence-electron chi connectivity index (χ4n) is 1.79. The first kappa shape index (κ1) is 12.5. The van der Waals surface area contributed by atoms with Gasteiger partial charge in [0.05, 0.1) is 23.0 Å². The van der Waals surface area contributed by atoms with Crippen LogP contribution in [0.15, 0.2) is 6.20 Å². The van der Waals surface area contributed by atoms with Gasteiger partial charge in [-0.25, -0.2) is 0 Å². The van der Waals surface area contributed by atoms with E-state index in [0.29, 0.717) is 6.04 Å². The maximum absolute atomic E-state index is 6.17. The lowest BCUT2D eigenvalue weighted by Crippen LogP contribution is -2.23. The Hall–Kier alpha value is -0.540. The van der Waals surface area contributed by atoms with Crippen molar-refractivity contribution in [2.75, 3.05) is 6.54 Å².